The molecule has 0 bridgehead atoms. The van der Waals surface area contributed by atoms with Gasteiger partial charge in [-0.15, -0.1) is 0 Å². The quantitative estimate of drug-likeness (QED) is 0.585. The first kappa shape index (κ1) is 26.0. The highest BCUT2D eigenvalue weighted by Crippen LogP contribution is 2.51. The van der Waals surface area contributed by atoms with E-state index in [1.807, 2.05) is 20.8 Å². The highest BCUT2D eigenvalue weighted by molar-refractivity contribution is 5.77. The Morgan fingerprint density at radius 2 is 1.57 bits per heavy atom. The van der Waals surface area contributed by atoms with E-state index in [1.165, 1.54) is 18.4 Å². The van der Waals surface area contributed by atoms with Crippen LogP contribution in [0.15, 0.2) is 30.3 Å². The van der Waals surface area contributed by atoms with Crippen molar-refractivity contribution in [1.29, 1.82) is 0 Å². The Morgan fingerprint density at radius 1 is 0.943 bits per heavy atom. The summed E-state index contributed by atoms with van der Waals surface area (Å²) in [5, 5.41) is 0. The van der Waals surface area contributed by atoms with Gasteiger partial charge in [0.25, 0.3) is 0 Å². The van der Waals surface area contributed by atoms with Crippen LogP contribution < -0.4 is 0 Å². The van der Waals surface area contributed by atoms with Crippen LogP contribution in [0.2, 0.25) is 0 Å². The van der Waals surface area contributed by atoms with E-state index < -0.39 is 5.60 Å². The van der Waals surface area contributed by atoms with Gasteiger partial charge in [-0.05, 0) is 96.7 Å². The zero-order valence-electron chi connectivity index (χ0n) is 22.5. The highest BCUT2D eigenvalue weighted by Gasteiger charge is 2.48. The molecule has 1 aromatic rings. The van der Waals surface area contributed by atoms with Gasteiger partial charge in [-0.1, -0.05) is 30.3 Å². The summed E-state index contributed by atoms with van der Waals surface area (Å²) in [7, 11) is 4.42. The van der Waals surface area contributed by atoms with Crippen molar-refractivity contribution in [2.75, 3.05) is 40.3 Å². The van der Waals surface area contributed by atoms with Crippen molar-refractivity contribution in [1.82, 2.24) is 14.7 Å². The molecule has 1 aromatic carbocycles. The van der Waals surface area contributed by atoms with Crippen molar-refractivity contribution in [3.05, 3.63) is 35.9 Å². The van der Waals surface area contributed by atoms with Crippen LogP contribution in [-0.4, -0.2) is 72.6 Å². The Kier molecular flexibility index (Phi) is 7.51. The minimum Gasteiger partial charge on any atom is -0.444 e. The van der Waals surface area contributed by atoms with E-state index in [0.29, 0.717) is 31.3 Å². The fourth-order valence-corrected chi connectivity index (χ4v) is 6.51. The molecule has 0 atom stereocenters. The summed E-state index contributed by atoms with van der Waals surface area (Å²) in [5.41, 5.74) is 1.33. The molecule has 4 rings (SSSR count). The molecule has 3 aliphatic rings. The molecule has 6 nitrogen and oxygen atoms in total. The Hall–Kier alpha value is -2.08. The van der Waals surface area contributed by atoms with E-state index in [2.05, 4.69) is 54.2 Å². The first-order valence-corrected chi connectivity index (χ1v) is 13.5. The maximum Gasteiger partial charge on any atom is 0.410 e. The first-order chi connectivity index (χ1) is 16.5. The lowest BCUT2D eigenvalue weighted by Gasteiger charge is -2.49. The van der Waals surface area contributed by atoms with Crippen LogP contribution in [0.5, 0.6) is 0 Å². The van der Waals surface area contributed by atoms with Gasteiger partial charge in [0.05, 0.1) is 0 Å². The third kappa shape index (κ3) is 5.84. The van der Waals surface area contributed by atoms with Gasteiger partial charge in [0.1, 0.15) is 5.60 Å². The highest BCUT2D eigenvalue weighted by atomic mass is 16.6. The summed E-state index contributed by atoms with van der Waals surface area (Å²) in [6.07, 6.45) is 7.93. The molecular weight excluding hydrogens is 438 g/mol. The van der Waals surface area contributed by atoms with Gasteiger partial charge in [0.2, 0.25) is 5.91 Å². The molecule has 0 unspecified atom stereocenters. The molecule has 1 aliphatic carbocycles. The molecule has 2 aliphatic heterocycles. The summed E-state index contributed by atoms with van der Waals surface area (Å²) in [4.78, 5) is 31.9. The standard InChI is InChI=1S/C29H45N3O3/c1-27(2,3)35-26(34)31-18-11-23(12-19-31)21-25(33)32-20-17-28(22-32)13-15-29(16-14-28,30(4)5)24-9-7-6-8-10-24/h6-10,23H,11-22H2,1-5H3. The van der Waals surface area contributed by atoms with E-state index in [4.69, 9.17) is 4.74 Å². The number of rotatable bonds is 4. The SMILES string of the molecule is CN(C)C1(c2ccccc2)CCC2(CCN(C(=O)CC3CCN(C(=O)OC(C)(C)C)CC3)C2)CC1. The number of hydrogen-bond acceptors (Lipinski definition) is 4. The van der Waals surface area contributed by atoms with Gasteiger partial charge in [-0.3, -0.25) is 9.69 Å². The number of carbonyl (C=O) groups excluding carboxylic acids is 2. The molecule has 2 heterocycles. The predicted molar refractivity (Wildman–Crippen MR) is 139 cm³/mol. The van der Waals surface area contributed by atoms with Crippen LogP contribution in [0.1, 0.15) is 77.7 Å². The number of nitrogens with zero attached hydrogens (tertiary/aromatic N) is 3. The molecule has 0 aromatic heterocycles. The van der Waals surface area contributed by atoms with Crippen LogP contribution in [0, 0.1) is 11.3 Å². The third-order valence-electron chi connectivity index (χ3n) is 8.83. The number of piperidine rings is 1. The van der Waals surface area contributed by atoms with Crippen molar-refractivity contribution in [3.63, 3.8) is 0 Å². The average Bonchev–Trinajstić information content (AvgIpc) is 3.23. The van der Waals surface area contributed by atoms with E-state index in [0.717, 1.165) is 45.2 Å². The number of benzene rings is 1. The molecule has 1 saturated carbocycles. The van der Waals surface area contributed by atoms with Crippen LogP contribution in [0.3, 0.4) is 0 Å². The number of carbonyl (C=O) groups is 2. The lowest BCUT2D eigenvalue weighted by atomic mass is 9.64. The number of likely N-dealkylation sites (tertiary alicyclic amines) is 2. The van der Waals surface area contributed by atoms with Crippen molar-refractivity contribution in [3.8, 4) is 0 Å². The molecule has 0 radical (unpaired) electrons. The van der Waals surface area contributed by atoms with Crippen LogP contribution >= 0.6 is 0 Å². The second kappa shape index (κ2) is 10.1. The summed E-state index contributed by atoms with van der Waals surface area (Å²) in [6.45, 7) is 8.87. The maximum absolute atomic E-state index is 13.2. The van der Waals surface area contributed by atoms with Gasteiger partial charge in [-0.25, -0.2) is 4.79 Å². The summed E-state index contributed by atoms with van der Waals surface area (Å²) >= 11 is 0. The average molecular weight is 484 g/mol. The Labute approximate surface area is 212 Å². The molecule has 1 spiro atoms. The fourth-order valence-electron chi connectivity index (χ4n) is 6.51. The Morgan fingerprint density at radius 3 is 2.14 bits per heavy atom. The van der Waals surface area contributed by atoms with Gasteiger partial charge >= 0.3 is 6.09 Å². The normalized spacial score (nSPS) is 28.1. The summed E-state index contributed by atoms with van der Waals surface area (Å²) < 4.78 is 5.50. The lowest BCUT2D eigenvalue weighted by molar-refractivity contribution is -0.132. The molecular formula is C29H45N3O3. The summed E-state index contributed by atoms with van der Waals surface area (Å²) in [5.74, 6) is 0.675. The molecule has 3 fully saturated rings. The summed E-state index contributed by atoms with van der Waals surface area (Å²) in [6, 6.07) is 10.9. The molecule has 194 valence electrons. The van der Waals surface area contributed by atoms with E-state index in [-0.39, 0.29) is 17.0 Å². The molecule has 35 heavy (non-hydrogen) atoms. The smallest absolute Gasteiger partial charge is 0.410 e. The van der Waals surface area contributed by atoms with Gasteiger partial charge < -0.3 is 14.5 Å². The largest absolute Gasteiger partial charge is 0.444 e. The minimum atomic E-state index is -0.470. The second-order valence-corrected chi connectivity index (χ2v) is 12.5. The molecule has 0 N–H and O–H groups in total. The van der Waals surface area contributed by atoms with Crippen molar-refractivity contribution in [2.24, 2.45) is 11.3 Å². The number of hydrogen-bond donors (Lipinski definition) is 0. The van der Waals surface area contributed by atoms with Crippen LogP contribution in [0.4, 0.5) is 4.79 Å². The number of ether oxygens (including phenoxy) is 1. The first-order valence-electron chi connectivity index (χ1n) is 13.5. The van der Waals surface area contributed by atoms with E-state index >= 15 is 0 Å². The molecule has 2 saturated heterocycles. The van der Waals surface area contributed by atoms with E-state index in [9.17, 15) is 9.59 Å². The fraction of sp³-hybridized carbons (Fsp3) is 0.724. The molecule has 2 amide bonds. The Bertz CT molecular complexity index is 876. The maximum atomic E-state index is 13.2. The molecule has 6 heteroatoms. The van der Waals surface area contributed by atoms with Crippen LogP contribution in [0.25, 0.3) is 0 Å². The topological polar surface area (TPSA) is 53.1 Å². The van der Waals surface area contributed by atoms with E-state index in [1.54, 1.807) is 4.90 Å². The van der Waals surface area contributed by atoms with Gasteiger partial charge in [0.15, 0.2) is 0 Å². The monoisotopic (exact) mass is 483 g/mol. The van der Waals surface area contributed by atoms with Crippen molar-refractivity contribution < 1.29 is 14.3 Å². The van der Waals surface area contributed by atoms with Crippen molar-refractivity contribution >= 4 is 12.0 Å². The zero-order valence-corrected chi connectivity index (χ0v) is 22.5. The van der Waals surface area contributed by atoms with Gasteiger partial charge in [0, 0.05) is 38.1 Å². The lowest BCUT2D eigenvalue weighted by Crippen LogP contribution is -2.47. The second-order valence-electron chi connectivity index (χ2n) is 12.5. The Balaban J connectivity index is 1.27. The zero-order chi connectivity index (χ0) is 25.3. The van der Waals surface area contributed by atoms with Crippen LogP contribution in [-0.2, 0) is 15.1 Å². The number of amides is 2. The minimum absolute atomic E-state index is 0.103. The van der Waals surface area contributed by atoms with Crippen molar-refractivity contribution in [2.45, 2.75) is 83.3 Å². The third-order valence-corrected chi connectivity index (χ3v) is 8.83. The predicted octanol–water partition coefficient (Wildman–Crippen LogP) is 5.27. The van der Waals surface area contributed by atoms with Gasteiger partial charge in [-0.2, -0.15) is 0 Å².